The molecule has 8 heteroatoms. The molecule has 1 aliphatic carbocycles. The van der Waals surface area contributed by atoms with E-state index in [1.165, 1.54) is 0 Å². The van der Waals surface area contributed by atoms with Crippen molar-refractivity contribution in [3.8, 4) is 0 Å². The van der Waals surface area contributed by atoms with Crippen LogP contribution in [0.2, 0.25) is 0 Å². The van der Waals surface area contributed by atoms with E-state index in [9.17, 15) is 13.5 Å². The van der Waals surface area contributed by atoms with Crippen molar-refractivity contribution in [3.05, 3.63) is 59.9 Å². The number of pyridine rings is 1. The van der Waals surface area contributed by atoms with Crippen LogP contribution >= 0.6 is 0 Å². The zero-order valence-electron chi connectivity index (χ0n) is 19.6. The summed E-state index contributed by atoms with van der Waals surface area (Å²) < 4.78 is 39.1. The maximum Gasteiger partial charge on any atom is 0.189 e. The molecule has 0 spiro atoms. The van der Waals surface area contributed by atoms with Crippen LogP contribution in [0.1, 0.15) is 68.6 Å². The number of ether oxygens (including phenoxy) is 2. The van der Waals surface area contributed by atoms with Crippen LogP contribution in [-0.2, 0) is 19.3 Å². The van der Waals surface area contributed by atoms with Crippen molar-refractivity contribution in [1.29, 1.82) is 0 Å². The summed E-state index contributed by atoms with van der Waals surface area (Å²) in [6.07, 6.45) is 5.28. The lowest BCUT2D eigenvalue weighted by Crippen LogP contribution is -2.28. The SMILES string of the molecule is CC1(C)OCC(c2cnc3[nH]c(C(C(O)CC4CCCC4)S(=O)(=O)c4ccccc4)cc3c2)O1. The number of rotatable bonds is 7. The number of aliphatic hydroxyl groups excluding tert-OH is 1. The fraction of sp³-hybridized carbons (Fsp3) is 0.500. The van der Waals surface area contributed by atoms with Crippen LogP contribution in [0.5, 0.6) is 0 Å². The van der Waals surface area contributed by atoms with Crippen LogP contribution in [0, 0.1) is 5.92 Å². The zero-order valence-corrected chi connectivity index (χ0v) is 20.4. The lowest BCUT2D eigenvalue weighted by molar-refractivity contribution is -0.139. The van der Waals surface area contributed by atoms with Gasteiger partial charge in [-0.25, -0.2) is 13.4 Å². The maximum atomic E-state index is 13.7. The minimum absolute atomic E-state index is 0.205. The van der Waals surface area contributed by atoms with Crippen molar-refractivity contribution in [2.75, 3.05) is 6.61 Å². The monoisotopic (exact) mass is 484 g/mol. The number of nitrogens with zero attached hydrogens (tertiary/aromatic N) is 1. The summed E-state index contributed by atoms with van der Waals surface area (Å²) in [4.78, 5) is 7.92. The van der Waals surface area contributed by atoms with E-state index in [4.69, 9.17) is 9.47 Å². The minimum atomic E-state index is -3.84. The van der Waals surface area contributed by atoms with E-state index in [2.05, 4.69) is 9.97 Å². The lowest BCUT2D eigenvalue weighted by atomic mass is 9.97. The summed E-state index contributed by atoms with van der Waals surface area (Å²) in [7, 11) is -3.84. The number of fused-ring (bicyclic) bond motifs is 1. The largest absolute Gasteiger partial charge is 0.391 e. The summed E-state index contributed by atoms with van der Waals surface area (Å²) in [5.74, 6) is -0.303. The van der Waals surface area contributed by atoms with Gasteiger partial charge in [0.15, 0.2) is 15.6 Å². The average Bonchev–Trinajstić information content (AvgIpc) is 3.53. The fourth-order valence-corrected chi connectivity index (χ4v) is 7.10. The van der Waals surface area contributed by atoms with Gasteiger partial charge in [-0.1, -0.05) is 43.9 Å². The molecular formula is C26H32N2O5S. The van der Waals surface area contributed by atoms with E-state index < -0.39 is 27.0 Å². The van der Waals surface area contributed by atoms with E-state index in [0.29, 0.717) is 30.3 Å². The van der Waals surface area contributed by atoms with Crippen molar-refractivity contribution < 1.29 is 23.0 Å². The Morgan fingerprint density at radius 3 is 2.59 bits per heavy atom. The average molecular weight is 485 g/mol. The van der Waals surface area contributed by atoms with Crippen LogP contribution in [0.4, 0.5) is 0 Å². The molecule has 1 aromatic carbocycles. The molecule has 7 nitrogen and oxygen atoms in total. The molecule has 3 heterocycles. The second-order valence-electron chi connectivity index (χ2n) is 9.98. The van der Waals surface area contributed by atoms with Gasteiger partial charge in [0.05, 0.1) is 17.6 Å². The number of aliphatic hydroxyl groups is 1. The van der Waals surface area contributed by atoms with Crippen molar-refractivity contribution >= 4 is 20.9 Å². The molecule has 3 atom stereocenters. The Balaban J connectivity index is 1.51. The van der Waals surface area contributed by atoms with Crippen LogP contribution in [0.3, 0.4) is 0 Å². The molecule has 0 bridgehead atoms. The van der Waals surface area contributed by atoms with E-state index >= 15 is 0 Å². The summed E-state index contributed by atoms with van der Waals surface area (Å²) in [5, 5.41) is 11.0. The Kier molecular flexibility index (Phi) is 6.27. The van der Waals surface area contributed by atoms with Crippen LogP contribution in [0.15, 0.2) is 53.6 Å². The van der Waals surface area contributed by atoms with Crippen LogP contribution < -0.4 is 0 Å². The number of benzene rings is 1. The van der Waals surface area contributed by atoms with Gasteiger partial charge in [-0.05, 0) is 50.5 Å². The Labute approximate surface area is 200 Å². The Bertz CT molecular complexity index is 1250. The zero-order chi connectivity index (χ0) is 23.9. The van der Waals surface area contributed by atoms with Gasteiger partial charge in [0.25, 0.3) is 0 Å². The molecule has 0 radical (unpaired) electrons. The number of sulfone groups is 1. The van der Waals surface area contributed by atoms with Crippen molar-refractivity contribution in [3.63, 3.8) is 0 Å². The van der Waals surface area contributed by atoms with E-state index in [-0.39, 0.29) is 11.0 Å². The normalized spacial score (nSPS) is 22.9. The topological polar surface area (TPSA) is 102 Å². The quantitative estimate of drug-likeness (QED) is 0.497. The first kappa shape index (κ1) is 23.5. The maximum absolute atomic E-state index is 13.7. The van der Waals surface area contributed by atoms with Gasteiger partial charge in [-0.3, -0.25) is 0 Å². The second-order valence-corrected chi connectivity index (χ2v) is 12.0. The number of aromatic amines is 1. The number of hydrogen-bond acceptors (Lipinski definition) is 6. The Morgan fingerprint density at radius 1 is 1.18 bits per heavy atom. The number of nitrogens with one attached hydrogen (secondary N) is 1. The lowest BCUT2D eigenvalue weighted by Gasteiger charge is -2.24. The first-order chi connectivity index (χ1) is 16.2. The molecule has 1 saturated heterocycles. The third-order valence-corrected chi connectivity index (χ3v) is 9.17. The number of H-pyrrole nitrogens is 1. The van der Waals surface area contributed by atoms with Crippen LogP contribution in [0.25, 0.3) is 11.0 Å². The molecule has 2 N–H and O–H groups in total. The van der Waals surface area contributed by atoms with Crippen LogP contribution in [-0.4, -0.2) is 42.0 Å². The molecule has 1 aliphatic heterocycles. The molecule has 2 aliphatic rings. The molecule has 5 rings (SSSR count). The molecule has 34 heavy (non-hydrogen) atoms. The van der Waals surface area contributed by atoms with E-state index in [1.54, 1.807) is 42.6 Å². The molecule has 3 unspecified atom stereocenters. The molecule has 2 aromatic heterocycles. The van der Waals surface area contributed by atoms with Crippen molar-refractivity contribution in [2.45, 2.75) is 74.1 Å². The Morgan fingerprint density at radius 2 is 1.91 bits per heavy atom. The van der Waals surface area contributed by atoms with E-state index in [1.807, 2.05) is 19.9 Å². The fourth-order valence-electron chi connectivity index (χ4n) is 5.28. The molecule has 0 amide bonds. The highest BCUT2D eigenvalue weighted by Crippen LogP contribution is 2.39. The van der Waals surface area contributed by atoms with Gasteiger partial charge in [0.1, 0.15) is 17.0 Å². The molecular weight excluding hydrogens is 452 g/mol. The predicted octanol–water partition coefficient (Wildman–Crippen LogP) is 4.84. The summed E-state index contributed by atoms with van der Waals surface area (Å²) in [6.45, 7) is 4.18. The van der Waals surface area contributed by atoms with Gasteiger partial charge in [0.2, 0.25) is 0 Å². The number of hydrogen-bond donors (Lipinski definition) is 2. The Hall–Kier alpha value is -2.26. The summed E-state index contributed by atoms with van der Waals surface area (Å²) in [6, 6.07) is 12.1. The highest BCUT2D eigenvalue weighted by Gasteiger charge is 2.38. The van der Waals surface area contributed by atoms with Gasteiger partial charge >= 0.3 is 0 Å². The first-order valence-corrected chi connectivity index (χ1v) is 13.5. The van der Waals surface area contributed by atoms with Crippen molar-refractivity contribution in [1.82, 2.24) is 9.97 Å². The highest BCUT2D eigenvalue weighted by atomic mass is 32.2. The number of aromatic nitrogens is 2. The van der Waals surface area contributed by atoms with Gasteiger partial charge in [-0.15, -0.1) is 0 Å². The van der Waals surface area contributed by atoms with Gasteiger partial charge in [-0.2, -0.15) is 0 Å². The standard InChI is InChI=1S/C26H32N2O5S/c1-26(2)32-16-23(33-26)19-13-18-14-21(28-25(18)27-15-19)24(22(29)12-17-8-6-7-9-17)34(30,31)20-10-4-3-5-11-20/h3-5,10-11,13-15,17,22-24,29H,6-9,12,16H2,1-2H3,(H,27,28). The predicted molar refractivity (Wildman–Crippen MR) is 129 cm³/mol. The molecule has 1 saturated carbocycles. The minimum Gasteiger partial charge on any atom is -0.391 e. The third-order valence-electron chi connectivity index (χ3n) is 7.00. The van der Waals surface area contributed by atoms with E-state index in [0.717, 1.165) is 36.6 Å². The second kappa shape index (κ2) is 9.07. The summed E-state index contributed by atoms with van der Waals surface area (Å²) in [5.41, 5.74) is 1.91. The van der Waals surface area contributed by atoms with Gasteiger partial charge < -0.3 is 19.6 Å². The summed E-state index contributed by atoms with van der Waals surface area (Å²) >= 11 is 0. The third kappa shape index (κ3) is 4.64. The highest BCUT2D eigenvalue weighted by molar-refractivity contribution is 7.91. The molecule has 182 valence electrons. The molecule has 2 fully saturated rings. The van der Waals surface area contributed by atoms with Crippen molar-refractivity contribution in [2.24, 2.45) is 5.92 Å². The molecule has 3 aromatic rings. The smallest absolute Gasteiger partial charge is 0.189 e. The first-order valence-electron chi connectivity index (χ1n) is 12.0. The van der Waals surface area contributed by atoms with Gasteiger partial charge in [0, 0.05) is 22.8 Å².